The van der Waals surface area contributed by atoms with Gasteiger partial charge in [0.05, 0.1) is 18.2 Å². The average molecular weight is 473 g/mol. The molecule has 0 spiro atoms. The molecule has 3 heterocycles. The zero-order valence-electron chi connectivity index (χ0n) is 18.3. The molecule has 0 radical (unpaired) electrons. The molecule has 9 heteroatoms. The zero-order chi connectivity index (χ0) is 22.7. The number of piperidine rings is 1. The fourth-order valence-electron chi connectivity index (χ4n) is 4.13. The van der Waals surface area contributed by atoms with Crippen molar-refractivity contribution in [3.05, 3.63) is 70.4 Å². The topological polar surface area (TPSA) is 84.3 Å². The molecular formula is C23H28N4O3S2. The first-order chi connectivity index (χ1) is 15.4. The van der Waals surface area contributed by atoms with E-state index in [9.17, 15) is 13.2 Å². The van der Waals surface area contributed by atoms with Gasteiger partial charge in [0.1, 0.15) is 4.21 Å². The molecule has 0 unspecified atom stereocenters. The van der Waals surface area contributed by atoms with E-state index >= 15 is 0 Å². The Morgan fingerprint density at radius 3 is 2.69 bits per heavy atom. The predicted molar refractivity (Wildman–Crippen MR) is 125 cm³/mol. The van der Waals surface area contributed by atoms with E-state index in [4.69, 9.17) is 0 Å². The maximum Gasteiger partial charge on any atom is 0.252 e. The van der Waals surface area contributed by atoms with Crippen LogP contribution >= 0.6 is 11.3 Å². The molecule has 0 aliphatic carbocycles. The molecular weight excluding hydrogens is 444 g/mol. The van der Waals surface area contributed by atoms with Crippen LogP contribution in [0.15, 0.2) is 52.1 Å². The van der Waals surface area contributed by atoms with E-state index in [1.165, 1.54) is 21.2 Å². The highest BCUT2D eigenvalue weighted by molar-refractivity contribution is 7.91. The lowest BCUT2D eigenvalue weighted by atomic mass is 9.98. The number of benzene rings is 1. The zero-order valence-corrected chi connectivity index (χ0v) is 20.0. The molecule has 1 aliphatic heterocycles. The van der Waals surface area contributed by atoms with Gasteiger partial charge in [-0.15, -0.1) is 11.3 Å². The van der Waals surface area contributed by atoms with E-state index in [-0.39, 0.29) is 18.4 Å². The van der Waals surface area contributed by atoms with E-state index < -0.39 is 10.0 Å². The SMILES string of the molecule is Cc1nn(Cc2ccccc2)c(C)c1CNC(=O)[C@H]1CCCN(S(=O)(=O)c2cccs2)C1. The summed E-state index contributed by atoms with van der Waals surface area (Å²) >= 11 is 1.21. The van der Waals surface area contributed by atoms with Crippen LogP contribution in [0.1, 0.15) is 35.4 Å². The number of carbonyl (C=O) groups is 1. The Morgan fingerprint density at radius 2 is 1.97 bits per heavy atom. The standard InChI is InChI=1S/C23H28N4O3S2/c1-17-21(18(2)27(25-17)15-19-8-4-3-5-9-19)14-24-23(28)20-10-6-12-26(16-20)32(29,30)22-11-7-13-31-22/h3-5,7-9,11,13,20H,6,10,12,14-16H2,1-2H3,(H,24,28)/t20-/m0/s1. The number of nitrogens with one attached hydrogen (secondary N) is 1. The van der Waals surface area contributed by atoms with Crippen LogP contribution in [0, 0.1) is 19.8 Å². The Balaban J connectivity index is 1.39. The van der Waals surface area contributed by atoms with Crippen LogP contribution in [0.4, 0.5) is 0 Å². The molecule has 1 N–H and O–H groups in total. The van der Waals surface area contributed by atoms with E-state index in [2.05, 4.69) is 22.5 Å². The Bertz CT molecular complexity index is 1170. The van der Waals surface area contributed by atoms with Crippen molar-refractivity contribution in [1.29, 1.82) is 0 Å². The number of thiophene rings is 1. The minimum absolute atomic E-state index is 0.106. The van der Waals surface area contributed by atoms with Gasteiger partial charge in [-0.2, -0.15) is 9.40 Å². The van der Waals surface area contributed by atoms with Gasteiger partial charge in [0.2, 0.25) is 5.91 Å². The van der Waals surface area contributed by atoms with Gasteiger partial charge in [0.15, 0.2) is 0 Å². The molecule has 32 heavy (non-hydrogen) atoms. The van der Waals surface area contributed by atoms with Gasteiger partial charge in [0.25, 0.3) is 10.0 Å². The maximum atomic E-state index is 12.9. The highest BCUT2D eigenvalue weighted by Crippen LogP contribution is 2.26. The number of aryl methyl sites for hydroxylation is 1. The first-order valence-corrected chi connectivity index (χ1v) is 13.1. The van der Waals surface area contributed by atoms with Crippen molar-refractivity contribution in [2.75, 3.05) is 13.1 Å². The molecule has 1 atom stereocenters. The van der Waals surface area contributed by atoms with Gasteiger partial charge >= 0.3 is 0 Å². The van der Waals surface area contributed by atoms with E-state index in [1.54, 1.807) is 17.5 Å². The van der Waals surface area contributed by atoms with Gasteiger partial charge in [-0.3, -0.25) is 9.48 Å². The van der Waals surface area contributed by atoms with Crippen molar-refractivity contribution >= 4 is 27.3 Å². The average Bonchev–Trinajstić information content (AvgIpc) is 3.43. The van der Waals surface area contributed by atoms with Gasteiger partial charge in [0, 0.05) is 30.9 Å². The van der Waals surface area contributed by atoms with Crippen molar-refractivity contribution in [2.24, 2.45) is 5.92 Å². The van der Waals surface area contributed by atoms with Gasteiger partial charge in [-0.25, -0.2) is 8.42 Å². The van der Waals surface area contributed by atoms with Crippen LogP contribution in [0.3, 0.4) is 0 Å². The number of hydrogen-bond acceptors (Lipinski definition) is 5. The quantitative estimate of drug-likeness (QED) is 0.572. The second-order valence-corrected chi connectivity index (χ2v) is 11.3. The van der Waals surface area contributed by atoms with E-state index in [1.807, 2.05) is 36.7 Å². The summed E-state index contributed by atoms with van der Waals surface area (Å²) in [6.45, 7) is 5.71. The number of hydrogen-bond donors (Lipinski definition) is 1. The molecule has 0 saturated carbocycles. The van der Waals surface area contributed by atoms with Gasteiger partial charge < -0.3 is 5.32 Å². The third-order valence-electron chi connectivity index (χ3n) is 5.99. The van der Waals surface area contributed by atoms with Crippen LogP contribution in [0.25, 0.3) is 0 Å². The number of carbonyl (C=O) groups excluding carboxylic acids is 1. The number of amides is 1. The summed E-state index contributed by atoms with van der Waals surface area (Å²) in [5, 5.41) is 9.42. The Labute approximate surface area is 193 Å². The largest absolute Gasteiger partial charge is 0.352 e. The van der Waals surface area contributed by atoms with Crippen LogP contribution in [-0.2, 0) is 27.9 Å². The van der Waals surface area contributed by atoms with Gasteiger partial charge in [-0.1, -0.05) is 36.4 Å². The second kappa shape index (κ2) is 9.56. The first-order valence-electron chi connectivity index (χ1n) is 10.7. The van der Waals surface area contributed by atoms with Crippen molar-refractivity contribution in [1.82, 2.24) is 19.4 Å². The Kier molecular flexibility index (Phi) is 6.78. The smallest absolute Gasteiger partial charge is 0.252 e. The molecule has 4 rings (SSSR count). The summed E-state index contributed by atoms with van der Waals surface area (Å²) < 4.78 is 29.4. The highest BCUT2D eigenvalue weighted by atomic mass is 32.2. The lowest BCUT2D eigenvalue weighted by Gasteiger charge is -2.30. The lowest BCUT2D eigenvalue weighted by Crippen LogP contribution is -2.45. The predicted octanol–water partition coefficient (Wildman–Crippen LogP) is 3.33. The molecule has 2 aromatic heterocycles. The number of rotatable bonds is 7. The van der Waals surface area contributed by atoms with Crippen LogP contribution in [0.2, 0.25) is 0 Å². The summed E-state index contributed by atoms with van der Waals surface area (Å²) in [5.41, 5.74) is 4.09. The molecule has 1 aromatic carbocycles. The fraction of sp³-hybridized carbons (Fsp3) is 0.391. The first kappa shape index (κ1) is 22.7. The van der Waals surface area contributed by atoms with Crippen LogP contribution in [-0.4, -0.2) is 41.5 Å². The highest BCUT2D eigenvalue weighted by Gasteiger charge is 2.33. The number of sulfonamides is 1. The third kappa shape index (κ3) is 4.79. The van der Waals surface area contributed by atoms with Crippen molar-refractivity contribution in [3.63, 3.8) is 0 Å². The minimum Gasteiger partial charge on any atom is -0.352 e. The fourth-order valence-corrected chi connectivity index (χ4v) is 6.80. The Hall–Kier alpha value is -2.49. The summed E-state index contributed by atoms with van der Waals surface area (Å²) in [5.74, 6) is -0.454. The molecule has 1 aliphatic rings. The molecule has 1 saturated heterocycles. The van der Waals surface area contributed by atoms with Crippen molar-refractivity contribution in [3.8, 4) is 0 Å². The van der Waals surface area contributed by atoms with Crippen molar-refractivity contribution in [2.45, 2.75) is 44.0 Å². The van der Waals surface area contributed by atoms with E-state index in [0.29, 0.717) is 36.7 Å². The molecule has 1 fully saturated rings. The number of aromatic nitrogens is 2. The summed E-state index contributed by atoms with van der Waals surface area (Å²) in [6.07, 6.45) is 1.36. The summed E-state index contributed by atoms with van der Waals surface area (Å²) in [7, 11) is -3.53. The maximum absolute atomic E-state index is 12.9. The number of nitrogens with zero attached hydrogens (tertiary/aromatic N) is 3. The Morgan fingerprint density at radius 1 is 1.19 bits per heavy atom. The molecule has 0 bridgehead atoms. The monoisotopic (exact) mass is 472 g/mol. The lowest BCUT2D eigenvalue weighted by molar-refractivity contribution is -0.126. The summed E-state index contributed by atoms with van der Waals surface area (Å²) in [4.78, 5) is 12.9. The molecule has 3 aromatic rings. The van der Waals surface area contributed by atoms with Crippen LogP contribution < -0.4 is 5.32 Å². The second-order valence-electron chi connectivity index (χ2n) is 8.14. The van der Waals surface area contributed by atoms with Crippen LogP contribution in [0.5, 0.6) is 0 Å². The molecule has 170 valence electrons. The third-order valence-corrected chi connectivity index (χ3v) is 9.23. The van der Waals surface area contributed by atoms with E-state index in [0.717, 1.165) is 17.0 Å². The molecule has 7 nitrogen and oxygen atoms in total. The minimum atomic E-state index is -3.53. The van der Waals surface area contributed by atoms with Gasteiger partial charge in [-0.05, 0) is 43.7 Å². The van der Waals surface area contributed by atoms with Crippen molar-refractivity contribution < 1.29 is 13.2 Å². The normalized spacial score (nSPS) is 17.4. The molecule has 1 amide bonds. The summed E-state index contributed by atoms with van der Waals surface area (Å²) in [6, 6.07) is 13.5.